The van der Waals surface area contributed by atoms with Crippen molar-refractivity contribution in [1.29, 1.82) is 0 Å². The first-order valence-corrected chi connectivity index (χ1v) is 11.4. The number of pyridine rings is 2. The van der Waals surface area contributed by atoms with Crippen LogP contribution in [0.2, 0.25) is 0 Å². The predicted octanol–water partition coefficient (Wildman–Crippen LogP) is 2.41. The molecule has 170 valence electrons. The van der Waals surface area contributed by atoms with Crippen LogP contribution in [0.4, 0.5) is 0 Å². The average molecular weight is 452 g/mol. The highest BCUT2D eigenvalue weighted by atomic mass is 16.1. The number of hydrogen-bond donors (Lipinski definition) is 1. The number of amides is 1. The normalized spacial score (nSPS) is 18.2. The summed E-state index contributed by atoms with van der Waals surface area (Å²) in [5.41, 5.74) is 11.0. The van der Waals surface area contributed by atoms with Gasteiger partial charge in [-0.3, -0.25) is 14.7 Å². The van der Waals surface area contributed by atoms with Crippen molar-refractivity contribution in [3.8, 4) is 0 Å². The molecule has 0 aromatic carbocycles. The zero-order valence-corrected chi connectivity index (χ0v) is 18.7. The minimum absolute atomic E-state index is 0.337. The molecular formula is C26H25N7O. The van der Waals surface area contributed by atoms with E-state index in [1.807, 2.05) is 53.9 Å². The molecule has 8 heteroatoms. The lowest BCUT2D eigenvalue weighted by molar-refractivity contribution is -0.114. The molecule has 3 aliphatic rings. The van der Waals surface area contributed by atoms with Gasteiger partial charge in [0.15, 0.2) is 0 Å². The highest BCUT2D eigenvalue weighted by molar-refractivity contribution is 6.02. The fourth-order valence-corrected chi connectivity index (χ4v) is 4.80. The minimum Gasteiger partial charge on any atom is -0.364 e. The molecule has 0 radical (unpaired) electrons. The van der Waals surface area contributed by atoms with Crippen molar-refractivity contribution >= 4 is 17.4 Å². The summed E-state index contributed by atoms with van der Waals surface area (Å²) in [6.07, 6.45) is 14.2. The summed E-state index contributed by atoms with van der Waals surface area (Å²) < 4.78 is 2.06. The second kappa shape index (κ2) is 8.39. The van der Waals surface area contributed by atoms with Gasteiger partial charge in [0.05, 0.1) is 5.69 Å². The van der Waals surface area contributed by atoms with Gasteiger partial charge in [-0.05, 0) is 41.5 Å². The van der Waals surface area contributed by atoms with Crippen molar-refractivity contribution in [3.05, 3.63) is 102 Å². The minimum atomic E-state index is -0.505. The number of allylic oxidation sites excluding steroid dienone is 2. The average Bonchev–Trinajstić information content (AvgIpc) is 3.22. The smallest absolute Gasteiger partial charge is 0.267 e. The molecule has 0 unspecified atom stereocenters. The molecule has 1 saturated heterocycles. The number of carbonyl (C=O) groups excluding carboxylic acids is 1. The summed E-state index contributed by atoms with van der Waals surface area (Å²) in [4.78, 5) is 30.2. The van der Waals surface area contributed by atoms with E-state index in [2.05, 4.69) is 43.7 Å². The van der Waals surface area contributed by atoms with Crippen molar-refractivity contribution in [1.82, 2.24) is 24.2 Å². The molecule has 2 N–H and O–H groups in total. The quantitative estimate of drug-likeness (QED) is 0.621. The number of primary amides is 1. The van der Waals surface area contributed by atoms with Gasteiger partial charge in [-0.15, -0.1) is 0 Å². The van der Waals surface area contributed by atoms with Crippen molar-refractivity contribution < 1.29 is 4.79 Å². The van der Waals surface area contributed by atoms with Gasteiger partial charge in [0, 0.05) is 69.0 Å². The van der Waals surface area contributed by atoms with E-state index in [9.17, 15) is 4.79 Å². The van der Waals surface area contributed by atoms with Gasteiger partial charge in [0.25, 0.3) is 5.91 Å². The molecule has 0 aliphatic carbocycles. The zero-order valence-electron chi connectivity index (χ0n) is 18.7. The van der Waals surface area contributed by atoms with Gasteiger partial charge in [-0.1, -0.05) is 18.2 Å². The molecule has 3 aromatic heterocycles. The molecule has 1 amide bonds. The molecule has 0 atom stereocenters. The van der Waals surface area contributed by atoms with E-state index < -0.39 is 5.91 Å². The van der Waals surface area contributed by atoms with Crippen molar-refractivity contribution in [2.75, 3.05) is 19.6 Å². The monoisotopic (exact) mass is 451 g/mol. The Morgan fingerprint density at radius 2 is 2.03 bits per heavy atom. The molecule has 1 fully saturated rings. The number of fused-ring (bicyclic) bond motifs is 2. The van der Waals surface area contributed by atoms with Crippen LogP contribution in [0, 0.1) is 0 Å². The second-order valence-electron chi connectivity index (χ2n) is 8.97. The fraction of sp³-hybridized carbons (Fsp3) is 0.231. The summed E-state index contributed by atoms with van der Waals surface area (Å²) in [7, 11) is 0. The molecule has 0 saturated carbocycles. The number of hydrogen-bond acceptors (Lipinski definition) is 6. The topological polar surface area (TPSA) is 92.1 Å². The van der Waals surface area contributed by atoms with Crippen LogP contribution in [0.25, 0.3) is 5.65 Å². The Kier molecular flexibility index (Phi) is 5.07. The molecule has 0 bridgehead atoms. The summed E-state index contributed by atoms with van der Waals surface area (Å²) in [5, 5.41) is 0. The number of nitrogens with two attached hydrogens (primary N) is 1. The first-order valence-electron chi connectivity index (χ1n) is 11.4. The van der Waals surface area contributed by atoms with Crippen LogP contribution < -0.4 is 5.73 Å². The van der Waals surface area contributed by atoms with Crippen molar-refractivity contribution in [3.63, 3.8) is 0 Å². The fourth-order valence-electron chi connectivity index (χ4n) is 4.80. The van der Waals surface area contributed by atoms with Crippen LogP contribution in [0.15, 0.2) is 89.6 Å². The standard InChI is InChI=1S/C26H25N7O/c27-26(34)25-19(16-32-10-4-2-6-23(32)30-25)11-21-17-33-13-18(7-8-24(33)29-21)12-31-14-20(15-31)22-5-1-3-9-28-22/h1-10,13,17,20H,11-12,14-16H2,(H2,27,34). The maximum atomic E-state index is 12.1. The second-order valence-corrected chi connectivity index (χ2v) is 8.97. The molecule has 8 nitrogen and oxygen atoms in total. The SMILES string of the molecule is NC(=O)C1=C(Cc2cn3cc(CN4CC(c5ccccn5)C4)ccc3n2)CN2C=CC=CC2=N1. The van der Waals surface area contributed by atoms with Gasteiger partial charge >= 0.3 is 0 Å². The van der Waals surface area contributed by atoms with Gasteiger partial charge in [0.1, 0.15) is 17.2 Å². The van der Waals surface area contributed by atoms with Gasteiger partial charge in [0.2, 0.25) is 0 Å². The number of aliphatic imine (C=N–C) groups is 1. The van der Waals surface area contributed by atoms with Crippen molar-refractivity contribution in [2.45, 2.75) is 18.9 Å². The number of rotatable bonds is 6. The molecule has 3 aromatic rings. The lowest BCUT2D eigenvalue weighted by Crippen LogP contribution is -2.44. The summed E-state index contributed by atoms with van der Waals surface area (Å²) >= 11 is 0. The van der Waals surface area contributed by atoms with Crippen LogP contribution in [-0.4, -0.2) is 55.5 Å². The Morgan fingerprint density at radius 1 is 1.12 bits per heavy atom. The predicted molar refractivity (Wildman–Crippen MR) is 130 cm³/mol. The van der Waals surface area contributed by atoms with Crippen LogP contribution in [0.3, 0.4) is 0 Å². The third-order valence-corrected chi connectivity index (χ3v) is 6.50. The van der Waals surface area contributed by atoms with E-state index in [1.54, 1.807) is 0 Å². The van der Waals surface area contributed by atoms with E-state index >= 15 is 0 Å². The van der Waals surface area contributed by atoms with Crippen molar-refractivity contribution in [2.24, 2.45) is 10.7 Å². The third-order valence-electron chi connectivity index (χ3n) is 6.50. The molecule has 34 heavy (non-hydrogen) atoms. The number of amidine groups is 1. The van der Waals surface area contributed by atoms with Gasteiger partial charge < -0.3 is 15.0 Å². The van der Waals surface area contributed by atoms with Crippen LogP contribution in [0.5, 0.6) is 0 Å². The number of aromatic nitrogens is 3. The lowest BCUT2D eigenvalue weighted by Gasteiger charge is -2.38. The molecule has 6 heterocycles. The number of carbonyl (C=O) groups is 1. The molecule has 0 spiro atoms. The Labute approximate surface area is 197 Å². The van der Waals surface area contributed by atoms with E-state index in [4.69, 9.17) is 10.7 Å². The Bertz CT molecular complexity index is 1380. The first kappa shape index (κ1) is 20.6. The van der Waals surface area contributed by atoms with Gasteiger partial charge in [-0.25, -0.2) is 9.98 Å². The number of likely N-dealkylation sites (tertiary alicyclic amines) is 1. The van der Waals surface area contributed by atoms with Crippen LogP contribution in [-0.2, 0) is 17.8 Å². The zero-order chi connectivity index (χ0) is 23.1. The molecule has 3 aliphatic heterocycles. The lowest BCUT2D eigenvalue weighted by atomic mass is 9.95. The summed E-state index contributed by atoms with van der Waals surface area (Å²) in [6, 6.07) is 10.3. The van der Waals surface area contributed by atoms with E-state index in [0.29, 0.717) is 24.6 Å². The van der Waals surface area contributed by atoms with Crippen LogP contribution >= 0.6 is 0 Å². The molecular weight excluding hydrogens is 426 g/mol. The van der Waals surface area contributed by atoms with Gasteiger partial charge in [-0.2, -0.15) is 0 Å². The summed E-state index contributed by atoms with van der Waals surface area (Å²) in [5.74, 6) is 0.743. The maximum Gasteiger partial charge on any atom is 0.267 e. The Hall–Kier alpha value is -4.04. The maximum absolute atomic E-state index is 12.1. The highest BCUT2D eigenvalue weighted by Crippen LogP contribution is 2.27. The number of nitrogens with zero attached hydrogens (tertiary/aromatic N) is 6. The highest BCUT2D eigenvalue weighted by Gasteiger charge is 2.29. The Balaban J connectivity index is 1.17. The first-order chi connectivity index (χ1) is 16.6. The number of imidazole rings is 1. The largest absolute Gasteiger partial charge is 0.364 e. The molecule has 6 rings (SSSR count). The Morgan fingerprint density at radius 3 is 2.85 bits per heavy atom. The summed E-state index contributed by atoms with van der Waals surface area (Å²) in [6.45, 7) is 3.52. The van der Waals surface area contributed by atoms with E-state index in [1.165, 1.54) is 11.3 Å². The van der Waals surface area contributed by atoms with E-state index in [0.717, 1.165) is 42.4 Å². The van der Waals surface area contributed by atoms with E-state index in [-0.39, 0.29) is 0 Å². The third kappa shape index (κ3) is 3.92. The van der Waals surface area contributed by atoms with Crippen LogP contribution in [0.1, 0.15) is 22.9 Å².